The summed E-state index contributed by atoms with van der Waals surface area (Å²) in [5.74, 6) is -9.50. The minimum Gasteiger partial charge on any atom is -0.476 e. The predicted octanol–water partition coefficient (Wildman–Crippen LogP) is -4.69. The molecule has 144 valence electrons. The molecule has 12 heteroatoms. The van der Waals surface area contributed by atoms with Gasteiger partial charge in [0.2, 0.25) is 0 Å². The number of aliphatic carboxylic acids is 1. The van der Waals surface area contributed by atoms with Crippen molar-refractivity contribution in [2.45, 2.75) is 43.2 Å². The highest BCUT2D eigenvalue weighted by molar-refractivity contribution is 5.90. The van der Waals surface area contributed by atoms with Crippen LogP contribution in [0.5, 0.6) is 0 Å². The van der Waals surface area contributed by atoms with Gasteiger partial charge in [0.05, 0.1) is 18.8 Å². The normalized spacial score (nSPS) is 34.8. The van der Waals surface area contributed by atoms with Gasteiger partial charge in [-0.1, -0.05) is 0 Å². The van der Waals surface area contributed by atoms with Gasteiger partial charge >= 0.3 is 17.7 Å². The topological polar surface area (TPSA) is 217 Å². The highest BCUT2D eigenvalue weighted by atomic mass is 16.7. The summed E-state index contributed by atoms with van der Waals surface area (Å²) in [6, 6.07) is -1.56. The Morgan fingerprint density at radius 3 is 2.24 bits per heavy atom. The summed E-state index contributed by atoms with van der Waals surface area (Å²) in [6.07, 6.45) is -7.57. The standard InChI is InChI=1S/C13H21NO11/c1-4(17)7-10(21)8(14)11(9(20)5(18)2-15)25-13(7,12(22)23)24-6(19)3-16/h5,7-11,15-16,18,20-21H,2-3,14H2,1H3,(H,22,23)/t5?,7?,8-,9?,10+,11-,13?/m1/s1. The van der Waals surface area contributed by atoms with Crippen LogP contribution in [0.3, 0.4) is 0 Å². The summed E-state index contributed by atoms with van der Waals surface area (Å²) in [5, 5.41) is 56.9. The SMILES string of the molecule is CC(=O)C1[C@H](O)[C@@H](N)[C@H](C(O)C(O)CO)OC1(OC(=O)CO)C(=O)O. The number of carboxylic acids is 1. The van der Waals surface area contributed by atoms with E-state index in [1.807, 2.05) is 0 Å². The van der Waals surface area contributed by atoms with E-state index >= 15 is 0 Å². The quantitative estimate of drug-likeness (QED) is 0.211. The van der Waals surface area contributed by atoms with Crippen LogP contribution in [0.25, 0.3) is 0 Å². The van der Waals surface area contributed by atoms with Gasteiger partial charge in [0.15, 0.2) is 0 Å². The van der Waals surface area contributed by atoms with Gasteiger partial charge in [-0.15, -0.1) is 0 Å². The van der Waals surface area contributed by atoms with Crippen molar-refractivity contribution in [2.24, 2.45) is 11.7 Å². The Morgan fingerprint density at radius 2 is 1.84 bits per heavy atom. The maximum absolute atomic E-state index is 11.8. The summed E-state index contributed by atoms with van der Waals surface area (Å²) in [5.41, 5.74) is 5.67. The largest absolute Gasteiger partial charge is 0.476 e. The predicted molar refractivity (Wildman–Crippen MR) is 75.7 cm³/mol. The highest BCUT2D eigenvalue weighted by Gasteiger charge is 2.64. The molecule has 4 unspecified atom stereocenters. The van der Waals surface area contributed by atoms with E-state index in [9.17, 15) is 34.8 Å². The van der Waals surface area contributed by atoms with E-state index in [0.29, 0.717) is 0 Å². The number of hydrogen-bond acceptors (Lipinski definition) is 11. The lowest BCUT2D eigenvalue weighted by atomic mass is 9.78. The van der Waals surface area contributed by atoms with E-state index in [1.54, 1.807) is 0 Å². The monoisotopic (exact) mass is 367 g/mol. The van der Waals surface area contributed by atoms with Crippen molar-refractivity contribution in [1.82, 2.24) is 0 Å². The number of carbonyl (C=O) groups excluding carboxylic acids is 2. The van der Waals surface area contributed by atoms with E-state index in [-0.39, 0.29) is 0 Å². The number of ketones is 1. The van der Waals surface area contributed by atoms with Crippen molar-refractivity contribution in [1.29, 1.82) is 0 Å². The molecule has 1 rings (SSSR count). The molecule has 0 aromatic heterocycles. The number of carbonyl (C=O) groups is 3. The number of carboxylic acid groups (broad SMARTS) is 1. The second-order valence-corrected chi connectivity index (χ2v) is 5.58. The van der Waals surface area contributed by atoms with Gasteiger partial charge in [-0.25, -0.2) is 9.59 Å². The third-order valence-corrected chi connectivity index (χ3v) is 3.88. The average Bonchev–Trinajstić information content (AvgIpc) is 2.55. The molecular weight excluding hydrogens is 346 g/mol. The third-order valence-electron chi connectivity index (χ3n) is 3.88. The number of Topliss-reactive ketones (excluding diaryl/α,β-unsaturated/α-hetero) is 1. The molecule has 7 atom stereocenters. The fourth-order valence-electron chi connectivity index (χ4n) is 2.64. The Kier molecular flexibility index (Phi) is 6.96. The molecule has 0 bridgehead atoms. The Morgan fingerprint density at radius 1 is 1.28 bits per heavy atom. The molecule has 1 saturated heterocycles. The highest BCUT2D eigenvalue weighted by Crippen LogP contribution is 2.38. The molecule has 1 aliphatic rings. The van der Waals surface area contributed by atoms with Gasteiger partial charge in [0, 0.05) is 0 Å². The average molecular weight is 367 g/mol. The Balaban J connectivity index is 3.42. The maximum Gasteiger partial charge on any atom is 0.378 e. The van der Waals surface area contributed by atoms with E-state index < -0.39 is 73.1 Å². The summed E-state index contributed by atoms with van der Waals surface area (Å²) in [6.45, 7) is -1.30. The lowest BCUT2D eigenvalue weighted by molar-refractivity contribution is -0.316. The molecule has 0 amide bonds. The van der Waals surface area contributed by atoms with Crippen LogP contribution in [-0.4, -0.2) is 97.8 Å². The fourth-order valence-corrected chi connectivity index (χ4v) is 2.64. The van der Waals surface area contributed by atoms with Crippen molar-refractivity contribution in [2.75, 3.05) is 13.2 Å². The zero-order chi connectivity index (χ0) is 19.5. The van der Waals surface area contributed by atoms with Crippen LogP contribution in [0.2, 0.25) is 0 Å². The fraction of sp³-hybridized carbons (Fsp3) is 0.769. The Hall–Kier alpha value is -1.67. The number of hydrogen-bond donors (Lipinski definition) is 7. The minimum absolute atomic E-state index is 0.897. The summed E-state index contributed by atoms with van der Waals surface area (Å²) in [7, 11) is 0. The molecule has 0 radical (unpaired) electrons. The number of rotatable bonds is 7. The minimum atomic E-state index is -3.10. The van der Waals surface area contributed by atoms with E-state index in [2.05, 4.69) is 4.74 Å². The summed E-state index contributed by atoms with van der Waals surface area (Å²) < 4.78 is 9.64. The van der Waals surface area contributed by atoms with Gasteiger partial charge in [0.1, 0.15) is 36.6 Å². The van der Waals surface area contributed by atoms with Crippen LogP contribution in [0.1, 0.15) is 6.92 Å². The molecule has 1 fully saturated rings. The van der Waals surface area contributed by atoms with Gasteiger partial charge < -0.3 is 45.8 Å². The molecule has 0 aromatic rings. The van der Waals surface area contributed by atoms with Gasteiger partial charge in [0.25, 0.3) is 0 Å². The molecule has 25 heavy (non-hydrogen) atoms. The molecule has 0 aromatic carbocycles. The van der Waals surface area contributed by atoms with Crippen molar-refractivity contribution in [3.63, 3.8) is 0 Å². The molecule has 12 nitrogen and oxygen atoms in total. The first-order valence-electron chi connectivity index (χ1n) is 7.18. The lowest BCUT2D eigenvalue weighted by Gasteiger charge is -2.48. The van der Waals surface area contributed by atoms with Crippen LogP contribution in [0.4, 0.5) is 0 Å². The van der Waals surface area contributed by atoms with Crippen LogP contribution < -0.4 is 5.73 Å². The van der Waals surface area contributed by atoms with Crippen LogP contribution >= 0.6 is 0 Å². The molecule has 1 aliphatic heterocycles. The van der Waals surface area contributed by atoms with Crippen molar-refractivity contribution >= 4 is 17.7 Å². The third kappa shape index (κ3) is 3.95. The number of aliphatic hydroxyl groups is 5. The number of nitrogens with two attached hydrogens (primary N) is 1. The lowest BCUT2D eigenvalue weighted by Crippen LogP contribution is -2.72. The molecular formula is C13H21NO11. The first kappa shape index (κ1) is 21.4. The van der Waals surface area contributed by atoms with Crippen molar-refractivity contribution < 1.29 is 54.5 Å². The van der Waals surface area contributed by atoms with Gasteiger partial charge in [-0.2, -0.15) is 0 Å². The second kappa shape index (κ2) is 8.14. The first-order valence-corrected chi connectivity index (χ1v) is 7.18. The molecule has 1 heterocycles. The van der Waals surface area contributed by atoms with Crippen molar-refractivity contribution in [3.8, 4) is 0 Å². The maximum atomic E-state index is 11.8. The van der Waals surface area contributed by atoms with E-state index in [4.69, 9.17) is 20.7 Å². The smallest absolute Gasteiger partial charge is 0.378 e. The summed E-state index contributed by atoms with van der Waals surface area (Å²) >= 11 is 0. The first-order chi connectivity index (χ1) is 11.5. The second-order valence-electron chi connectivity index (χ2n) is 5.58. The van der Waals surface area contributed by atoms with Crippen molar-refractivity contribution in [3.05, 3.63) is 0 Å². The number of aliphatic hydroxyl groups excluding tert-OH is 5. The molecule has 0 aliphatic carbocycles. The van der Waals surface area contributed by atoms with E-state index in [0.717, 1.165) is 6.92 Å². The van der Waals surface area contributed by atoms with Crippen LogP contribution in [0, 0.1) is 5.92 Å². The Labute approximate surface area is 141 Å². The van der Waals surface area contributed by atoms with Crippen LogP contribution in [0.15, 0.2) is 0 Å². The number of ether oxygens (including phenoxy) is 2. The van der Waals surface area contributed by atoms with E-state index in [1.165, 1.54) is 0 Å². The van der Waals surface area contributed by atoms with Gasteiger partial charge in [-0.05, 0) is 6.92 Å². The van der Waals surface area contributed by atoms with Gasteiger partial charge in [-0.3, -0.25) is 4.79 Å². The Bertz CT molecular complexity index is 526. The molecule has 0 spiro atoms. The zero-order valence-corrected chi connectivity index (χ0v) is 13.2. The van der Waals surface area contributed by atoms with Crippen LogP contribution in [-0.2, 0) is 23.9 Å². The zero-order valence-electron chi connectivity index (χ0n) is 13.2. The number of esters is 1. The summed E-state index contributed by atoms with van der Waals surface area (Å²) in [4.78, 5) is 35.0. The molecule has 8 N–H and O–H groups in total. The molecule has 0 saturated carbocycles.